The Hall–Kier alpha value is -1.71. The summed E-state index contributed by atoms with van der Waals surface area (Å²) in [4.78, 5) is 13.5. The van der Waals surface area contributed by atoms with Crippen LogP contribution in [0.2, 0.25) is 0 Å². The summed E-state index contributed by atoms with van der Waals surface area (Å²) in [7, 11) is 1.61. The number of anilines is 1. The zero-order chi connectivity index (χ0) is 12.4. The maximum absolute atomic E-state index is 11.6. The summed E-state index contributed by atoms with van der Waals surface area (Å²) in [6.45, 7) is 2.43. The number of nitrogens with zero attached hydrogens (tertiary/aromatic N) is 1. The number of nitrogens with two attached hydrogens (primary N) is 1. The molecule has 0 saturated carbocycles. The van der Waals surface area contributed by atoms with Crippen molar-refractivity contribution in [2.75, 3.05) is 19.4 Å². The van der Waals surface area contributed by atoms with E-state index in [0.717, 1.165) is 24.9 Å². The molecule has 2 N–H and O–H groups in total. The zero-order valence-electron chi connectivity index (χ0n) is 10.3. The molecule has 4 heteroatoms. The lowest BCUT2D eigenvalue weighted by Gasteiger charge is -2.25. The average Bonchev–Trinajstić information content (AvgIpc) is 2.77. The van der Waals surface area contributed by atoms with Crippen molar-refractivity contribution in [3.8, 4) is 5.75 Å². The molecular weight excluding hydrogens is 216 g/mol. The maximum atomic E-state index is 11.6. The number of benzene rings is 1. The Morgan fingerprint density at radius 1 is 1.53 bits per heavy atom. The van der Waals surface area contributed by atoms with Gasteiger partial charge in [-0.2, -0.15) is 0 Å². The van der Waals surface area contributed by atoms with E-state index in [4.69, 9.17) is 10.5 Å². The van der Waals surface area contributed by atoms with Crippen LogP contribution in [0.4, 0.5) is 5.69 Å². The van der Waals surface area contributed by atoms with Gasteiger partial charge in [0, 0.05) is 19.0 Å². The van der Waals surface area contributed by atoms with Gasteiger partial charge in [0.05, 0.1) is 18.8 Å². The highest BCUT2D eigenvalue weighted by molar-refractivity contribution is 5.74. The Morgan fingerprint density at radius 3 is 2.94 bits per heavy atom. The van der Waals surface area contributed by atoms with Gasteiger partial charge < -0.3 is 15.4 Å². The van der Waals surface area contributed by atoms with Crippen molar-refractivity contribution >= 4 is 11.6 Å². The highest BCUT2D eigenvalue weighted by Gasteiger charge is 2.30. The topological polar surface area (TPSA) is 55.6 Å². The van der Waals surface area contributed by atoms with Crippen LogP contribution in [0.15, 0.2) is 18.2 Å². The monoisotopic (exact) mass is 234 g/mol. The highest BCUT2D eigenvalue weighted by Crippen LogP contribution is 2.39. The standard InChI is InChI=1S/C13H18N2O2/c1-9(16)15-8-4-7-12(15)10-5-3-6-11(14)13(10)17-2/h3,5-6,12H,4,7-8,14H2,1-2H3. The van der Waals surface area contributed by atoms with Gasteiger partial charge >= 0.3 is 0 Å². The van der Waals surface area contributed by atoms with Crippen LogP contribution in [-0.2, 0) is 4.79 Å². The fraction of sp³-hybridized carbons (Fsp3) is 0.462. The van der Waals surface area contributed by atoms with Crippen LogP contribution < -0.4 is 10.5 Å². The first-order chi connectivity index (χ1) is 8.15. The summed E-state index contributed by atoms with van der Waals surface area (Å²) in [5.74, 6) is 0.808. The van der Waals surface area contributed by atoms with E-state index in [9.17, 15) is 4.79 Å². The van der Waals surface area contributed by atoms with Gasteiger partial charge in [0.15, 0.2) is 0 Å². The fourth-order valence-corrected chi connectivity index (χ4v) is 2.54. The number of carbonyl (C=O) groups excluding carboxylic acids is 1. The van der Waals surface area contributed by atoms with Crippen molar-refractivity contribution < 1.29 is 9.53 Å². The molecule has 4 nitrogen and oxygen atoms in total. The number of methoxy groups -OCH3 is 1. The molecule has 0 bridgehead atoms. The average molecular weight is 234 g/mol. The molecule has 0 radical (unpaired) electrons. The number of likely N-dealkylation sites (tertiary alicyclic amines) is 1. The van der Waals surface area contributed by atoms with E-state index >= 15 is 0 Å². The van der Waals surface area contributed by atoms with Crippen LogP contribution in [0.25, 0.3) is 0 Å². The first kappa shape index (κ1) is 11.8. The molecule has 1 aliphatic heterocycles. The van der Waals surface area contributed by atoms with E-state index in [-0.39, 0.29) is 11.9 Å². The second-order valence-electron chi connectivity index (χ2n) is 4.34. The Labute approximate surface area is 101 Å². The third-order valence-electron chi connectivity index (χ3n) is 3.30. The number of amides is 1. The Morgan fingerprint density at radius 2 is 2.29 bits per heavy atom. The van der Waals surface area contributed by atoms with Crippen molar-refractivity contribution in [3.05, 3.63) is 23.8 Å². The number of ether oxygens (including phenoxy) is 1. The van der Waals surface area contributed by atoms with Gasteiger partial charge in [0.2, 0.25) is 5.91 Å². The largest absolute Gasteiger partial charge is 0.494 e. The molecule has 1 amide bonds. The summed E-state index contributed by atoms with van der Waals surface area (Å²) in [5, 5.41) is 0. The number of nitrogen functional groups attached to an aromatic ring is 1. The number of carbonyl (C=O) groups is 1. The van der Waals surface area contributed by atoms with E-state index in [2.05, 4.69) is 0 Å². The van der Waals surface area contributed by atoms with Gasteiger partial charge in [-0.15, -0.1) is 0 Å². The molecule has 1 fully saturated rings. The lowest BCUT2D eigenvalue weighted by Crippen LogP contribution is -2.28. The van der Waals surface area contributed by atoms with Crippen molar-refractivity contribution in [3.63, 3.8) is 0 Å². The summed E-state index contributed by atoms with van der Waals surface area (Å²) < 4.78 is 5.35. The van der Waals surface area contributed by atoms with E-state index in [1.54, 1.807) is 14.0 Å². The van der Waals surface area contributed by atoms with Crippen LogP contribution in [0, 0.1) is 0 Å². The molecule has 0 spiro atoms. The van der Waals surface area contributed by atoms with E-state index in [0.29, 0.717) is 11.4 Å². The molecule has 17 heavy (non-hydrogen) atoms. The van der Waals surface area contributed by atoms with Crippen molar-refractivity contribution in [2.24, 2.45) is 0 Å². The first-order valence-electron chi connectivity index (χ1n) is 5.84. The maximum Gasteiger partial charge on any atom is 0.219 e. The van der Waals surface area contributed by atoms with E-state index < -0.39 is 0 Å². The molecule has 1 saturated heterocycles. The molecule has 1 aliphatic rings. The first-order valence-corrected chi connectivity index (χ1v) is 5.84. The minimum absolute atomic E-state index is 0.103. The number of para-hydroxylation sites is 1. The molecule has 92 valence electrons. The van der Waals surface area contributed by atoms with Crippen molar-refractivity contribution in [1.82, 2.24) is 4.90 Å². The van der Waals surface area contributed by atoms with Gasteiger partial charge in [-0.3, -0.25) is 4.79 Å². The minimum Gasteiger partial charge on any atom is -0.494 e. The molecule has 1 atom stereocenters. The third-order valence-corrected chi connectivity index (χ3v) is 3.30. The molecule has 0 aromatic heterocycles. The predicted molar refractivity (Wildman–Crippen MR) is 66.8 cm³/mol. The lowest BCUT2D eigenvalue weighted by atomic mass is 10.0. The molecule has 1 unspecified atom stereocenters. The Balaban J connectivity index is 2.39. The van der Waals surface area contributed by atoms with Gasteiger partial charge in [-0.05, 0) is 18.9 Å². The van der Waals surface area contributed by atoms with Crippen LogP contribution in [0.1, 0.15) is 31.4 Å². The van der Waals surface area contributed by atoms with Gasteiger partial charge in [-0.1, -0.05) is 12.1 Å². The highest BCUT2D eigenvalue weighted by atomic mass is 16.5. The van der Waals surface area contributed by atoms with E-state index in [1.807, 2.05) is 23.1 Å². The summed E-state index contributed by atoms with van der Waals surface area (Å²) in [5.41, 5.74) is 7.53. The van der Waals surface area contributed by atoms with Gasteiger partial charge in [-0.25, -0.2) is 0 Å². The third kappa shape index (κ3) is 2.07. The summed E-state index contributed by atoms with van der Waals surface area (Å²) in [6, 6.07) is 5.81. The molecule has 1 heterocycles. The number of hydrogen-bond acceptors (Lipinski definition) is 3. The second-order valence-corrected chi connectivity index (χ2v) is 4.34. The molecule has 0 aliphatic carbocycles. The zero-order valence-corrected chi connectivity index (χ0v) is 10.3. The molecule has 1 aromatic rings. The number of rotatable bonds is 2. The summed E-state index contributed by atoms with van der Waals surface area (Å²) >= 11 is 0. The van der Waals surface area contributed by atoms with Crippen LogP contribution in [-0.4, -0.2) is 24.5 Å². The van der Waals surface area contributed by atoms with Crippen molar-refractivity contribution in [2.45, 2.75) is 25.8 Å². The fourth-order valence-electron chi connectivity index (χ4n) is 2.54. The second kappa shape index (κ2) is 4.65. The SMILES string of the molecule is COc1c(N)cccc1C1CCCN1C(C)=O. The van der Waals surface area contributed by atoms with Gasteiger partial charge in [0.25, 0.3) is 0 Å². The Bertz CT molecular complexity index is 431. The smallest absolute Gasteiger partial charge is 0.219 e. The normalized spacial score (nSPS) is 19.4. The Kier molecular flexibility index (Phi) is 3.22. The number of hydrogen-bond donors (Lipinski definition) is 1. The molecule has 2 rings (SSSR count). The minimum atomic E-state index is 0.103. The molecular formula is C13H18N2O2. The van der Waals surface area contributed by atoms with Crippen LogP contribution in [0.5, 0.6) is 5.75 Å². The lowest BCUT2D eigenvalue weighted by molar-refractivity contribution is -0.129. The van der Waals surface area contributed by atoms with Crippen LogP contribution in [0.3, 0.4) is 0 Å². The van der Waals surface area contributed by atoms with Gasteiger partial charge in [0.1, 0.15) is 5.75 Å². The quantitative estimate of drug-likeness (QED) is 0.796. The predicted octanol–water partition coefficient (Wildman–Crippen LogP) is 1.96. The summed E-state index contributed by atoms with van der Waals surface area (Å²) in [6.07, 6.45) is 2.00. The van der Waals surface area contributed by atoms with Crippen LogP contribution >= 0.6 is 0 Å². The molecule has 1 aromatic carbocycles. The van der Waals surface area contributed by atoms with Crippen molar-refractivity contribution in [1.29, 1.82) is 0 Å². The van der Waals surface area contributed by atoms with E-state index in [1.165, 1.54) is 0 Å².